The van der Waals surface area contributed by atoms with Crippen molar-refractivity contribution in [3.63, 3.8) is 0 Å². The van der Waals surface area contributed by atoms with Crippen molar-refractivity contribution >= 4 is 10.0 Å². The Bertz CT molecular complexity index is 909. The molecule has 0 N–H and O–H groups in total. The average Bonchev–Trinajstić information content (AvgIpc) is 3.28. The molecule has 1 unspecified atom stereocenters. The van der Waals surface area contributed by atoms with E-state index in [1.54, 1.807) is 8.99 Å². The number of benzene rings is 1. The van der Waals surface area contributed by atoms with E-state index in [0.29, 0.717) is 26.2 Å². The summed E-state index contributed by atoms with van der Waals surface area (Å²) in [6.07, 6.45) is 8.60. The lowest BCUT2D eigenvalue weighted by molar-refractivity contribution is 0.239. The van der Waals surface area contributed by atoms with Gasteiger partial charge in [0.1, 0.15) is 18.1 Å². The number of sulfonamides is 1. The molecule has 0 bridgehead atoms. The molecule has 1 aliphatic heterocycles. The van der Waals surface area contributed by atoms with Crippen molar-refractivity contribution in [3.8, 4) is 5.75 Å². The first-order valence-electron chi connectivity index (χ1n) is 9.56. The maximum Gasteiger partial charge on any atom is 0.211 e. The molecule has 4 rings (SSSR count). The summed E-state index contributed by atoms with van der Waals surface area (Å²) >= 11 is 0. The molecule has 1 saturated heterocycles. The van der Waals surface area contributed by atoms with Gasteiger partial charge in [0.2, 0.25) is 10.0 Å². The third-order valence-electron chi connectivity index (χ3n) is 5.44. The van der Waals surface area contributed by atoms with Gasteiger partial charge in [0.05, 0.1) is 12.5 Å². The second-order valence-electron chi connectivity index (χ2n) is 7.63. The molecule has 1 aliphatic carbocycles. The van der Waals surface area contributed by atoms with Gasteiger partial charge < -0.3 is 4.74 Å². The minimum atomic E-state index is -3.12. The molecule has 2 aliphatic rings. The van der Waals surface area contributed by atoms with E-state index >= 15 is 0 Å². The minimum Gasteiger partial charge on any atom is -0.487 e. The summed E-state index contributed by atoms with van der Waals surface area (Å²) in [5, 5.41) is 8.38. The van der Waals surface area contributed by atoms with Crippen LogP contribution in [0.3, 0.4) is 0 Å². The van der Waals surface area contributed by atoms with Gasteiger partial charge in [-0.2, -0.15) is 0 Å². The third kappa shape index (κ3) is 4.50. The van der Waals surface area contributed by atoms with E-state index in [1.807, 2.05) is 12.3 Å². The molecule has 0 amide bonds. The highest BCUT2D eigenvalue weighted by atomic mass is 32.2. The zero-order valence-electron chi connectivity index (χ0n) is 15.7. The van der Waals surface area contributed by atoms with Crippen LogP contribution in [0.5, 0.6) is 5.75 Å². The van der Waals surface area contributed by atoms with Crippen LogP contribution in [0, 0.1) is 5.92 Å². The van der Waals surface area contributed by atoms with Crippen molar-refractivity contribution in [2.45, 2.75) is 45.3 Å². The summed E-state index contributed by atoms with van der Waals surface area (Å²) in [6.45, 7) is 2.24. The normalized spacial score (nSPS) is 20.6. The fourth-order valence-electron chi connectivity index (χ4n) is 4.03. The Morgan fingerprint density at radius 3 is 2.93 bits per heavy atom. The van der Waals surface area contributed by atoms with Crippen molar-refractivity contribution in [2.75, 3.05) is 19.3 Å². The second-order valence-corrected chi connectivity index (χ2v) is 9.62. The maximum absolute atomic E-state index is 11.8. The number of hydrogen-bond acceptors (Lipinski definition) is 5. The van der Waals surface area contributed by atoms with Gasteiger partial charge in [-0.3, -0.25) is 4.68 Å². The number of piperidine rings is 1. The molecule has 8 heteroatoms. The highest BCUT2D eigenvalue weighted by Crippen LogP contribution is 2.26. The van der Waals surface area contributed by atoms with Gasteiger partial charge in [0.25, 0.3) is 0 Å². The quantitative estimate of drug-likeness (QED) is 0.754. The standard InChI is InChI=1S/C19H26N4O3S/c1-27(24,25)23-9-3-4-15(12-23)11-22-13-18(20-21-22)14-26-19-8-7-16-5-2-6-17(16)10-19/h7-8,10,13,15H,2-6,9,11-12,14H2,1H3. The van der Waals surface area contributed by atoms with Crippen LogP contribution in [-0.4, -0.2) is 47.1 Å². The molecule has 1 atom stereocenters. The van der Waals surface area contributed by atoms with Crippen molar-refractivity contribution in [2.24, 2.45) is 5.92 Å². The molecule has 146 valence electrons. The van der Waals surface area contributed by atoms with Gasteiger partial charge in [0, 0.05) is 19.6 Å². The van der Waals surface area contributed by atoms with Gasteiger partial charge in [0.15, 0.2) is 0 Å². The summed E-state index contributed by atoms with van der Waals surface area (Å²) < 4.78 is 32.8. The van der Waals surface area contributed by atoms with E-state index in [1.165, 1.54) is 30.2 Å². The van der Waals surface area contributed by atoms with E-state index in [2.05, 4.69) is 22.4 Å². The highest BCUT2D eigenvalue weighted by molar-refractivity contribution is 7.88. The Morgan fingerprint density at radius 2 is 2.07 bits per heavy atom. The van der Waals surface area contributed by atoms with E-state index in [9.17, 15) is 8.42 Å². The summed E-state index contributed by atoms with van der Waals surface area (Å²) in [5.74, 6) is 1.14. The van der Waals surface area contributed by atoms with Gasteiger partial charge in [-0.1, -0.05) is 11.3 Å². The molecule has 0 radical (unpaired) electrons. The first-order chi connectivity index (χ1) is 13.0. The number of nitrogens with zero attached hydrogens (tertiary/aromatic N) is 4. The van der Waals surface area contributed by atoms with Crippen LogP contribution in [0.1, 0.15) is 36.1 Å². The first kappa shape index (κ1) is 18.4. The number of ether oxygens (including phenoxy) is 1. The van der Waals surface area contributed by atoms with E-state index in [-0.39, 0.29) is 5.92 Å². The SMILES string of the molecule is CS(=O)(=O)N1CCCC(Cn2cc(COc3ccc4c(c3)CCC4)nn2)C1. The monoisotopic (exact) mass is 390 g/mol. The maximum atomic E-state index is 11.8. The molecular weight excluding hydrogens is 364 g/mol. The first-order valence-corrected chi connectivity index (χ1v) is 11.4. The fourth-order valence-corrected chi connectivity index (χ4v) is 4.97. The predicted octanol–water partition coefficient (Wildman–Crippen LogP) is 2.02. The molecule has 2 aromatic rings. The Balaban J connectivity index is 1.32. The lowest BCUT2D eigenvalue weighted by Gasteiger charge is -2.30. The Kier molecular flexibility index (Phi) is 5.19. The van der Waals surface area contributed by atoms with Crippen LogP contribution in [0.25, 0.3) is 0 Å². The van der Waals surface area contributed by atoms with Crippen LogP contribution >= 0.6 is 0 Å². The zero-order chi connectivity index (χ0) is 18.9. The fraction of sp³-hybridized carbons (Fsp3) is 0.579. The van der Waals surface area contributed by atoms with Crippen molar-refractivity contribution in [1.29, 1.82) is 0 Å². The molecule has 0 spiro atoms. The highest BCUT2D eigenvalue weighted by Gasteiger charge is 2.26. The molecule has 7 nitrogen and oxygen atoms in total. The van der Waals surface area contributed by atoms with E-state index in [0.717, 1.165) is 30.7 Å². The Labute approximate surface area is 160 Å². The predicted molar refractivity (Wildman–Crippen MR) is 102 cm³/mol. The van der Waals surface area contributed by atoms with Crippen LogP contribution in [0.4, 0.5) is 0 Å². The molecule has 27 heavy (non-hydrogen) atoms. The van der Waals surface area contributed by atoms with Gasteiger partial charge in [-0.25, -0.2) is 12.7 Å². The molecule has 0 saturated carbocycles. The third-order valence-corrected chi connectivity index (χ3v) is 6.71. The zero-order valence-corrected chi connectivity index (χ0v) is 16.5. The molecule has 1 fully saturated rings. The second kappa shape index (κ2) is 7.59. The van der Waals surface area contributed by atoms with Crippen LogP contribution in [-0.2, 0) is 36.0 Å². The Hall–Kier alpha value is -1.93. The van der Waals surface area contributed by atoms with E-state index in [4.69, 9.17) is 4.74 Å². The molecule has 2 heterocycles. The molecule has 1 aromatic heterocycles. The summed E-state index contributed by atoms with van der Waals surface area (Å²) in [5.41, 5.74) is 3.61. The van der Waals surface area contributed by atoms with Gasteiger partial charge in [-0.15, -0.1) is 5.10 Å². The average molecular weight is 391 g/mol. The van der Waals surface area contributed by atoms with Gasteiger partial charge >= 0.3 is 0 Å². The number of fused-ring (bicyclic) bond motifs is 1. The van der Waals surface area contributed by atoms with Crippen LogP contribution < -0.4 is 4.74 Å². The number of aryl methyl sites for hydroxylation is 2. The van der Waals surface area contributed by atoms with Gasteiger partial charge in [-0.05, 0) is 61.3 Å². The summed E-state index contributed by atoms with van der Waals surface area (Å²) in [7, 11) is -3.12. The molecular formula is C19H26N4O3S. The largest absolute Gasteiger partial charge is 0.487 e. The van der Waals surface area contributed by atoms with Crippen LogP contribution in [0.15, 0.2) is 24.4 Å². The smallest absolute Gasteiger partial charge is 0.211 e. The lowest BCUT2D eigenvalue weighted by Crippen LogP contribution is -2.40. The number of hydrogen-bond donors (Lipinski definition) is 0. The molecule has 1 aromatic carbocycles. The summed E-state index contributed by atoms with van der Waals surface area (Å²) in [4.78, 5) is 0. The number of aromatic nitrogens is 3. The summed E-state index contributed by atoms with van der Waals surface area (Å²) in [6, 6.07) is 6.32. The lowest BCUT2D eigenvalue weighted by atomic mass is 10.00. The van der Waals surface area contributed by atoms with Crippen molar-refractivity contribution in [1.82, 2.24) is 19.3 Å². The topological polar surface area (TPSA) is 77.3 Å². The minimum absolute atomic E-state index is 0.264. The van der Waals surface area contributed by atoms with Crippen molar-refractivity contribution in [3.05, 3.63) is 41.2 Å². The van der Waals surface area contributed by atoms with Crippen LogP contribution in [0.2, 0.25) is 0 Å². The van der Waals surface area contributed by atoms with E-state index < -0.39 is 10.0 Å². The number of rotatable bonds is 6. The van der Waals surface area contributed by atoms with Crippen molar-refractivity contribution < 1.29 is 13.2 Å². The Morgan fingerprint density at radius 1 is 1.22 bits per heavy atom.